The van der Waals surface area contributed by atoms with Gasteiger partial charge in [0.05, 0.1) is 24.4 Å². The van der Waals surface area contributed by atoms with Crippen LogP contribution in [0.25, 0.3) is 0 Å². The fourth-order valence-corrected chi connectivity index (χ4v) is 4.40. The molecular formula is C12H18O4. The molecule has 0 amide bonds. The Kier molecular flexibility index (Phi) is 1.84. The topological polar surface area (TPSA) is 47.9 Å². The van der Waals surface area contributed by atoms with Crippen molar-refractivity contribution >= 4 is 0 Å². The summed E-state index contributed by atoms with van der Waals surface area (Å²) in [6.07, 6.45) is 6.79. The molecule has 0 unspecified atom stereocenters. The molecule has 5 atom stereocenters. The van der Waals surface area contributed by atoms with Gasteiger partial charge in [-0.1, -0.05) is 12.8 Å². The lowest BCUT2D eigenvalue weighted by atomic mass is 9.54. The van der Waals surface area contributed by atoms with Gasteiger partial charge in [0.2, 0.25) is 0 Å². The normalized spacial score (nSPS) is 58.7. The van der Waals surface area contributed by atoms with E-state index < -0.39 is 6.48 Å². The van der Waals surface area contributed by atoms with Crippen molar-refractivity contribution in [2.45, 2.75) is 62.8 Å². The first-order valence-electron chi connectivity index (χ1n) is 6.38. The molecule has 3 aliphatic heterocycles. The Balaban J connectivity index is 1.81. The third-order valence-electron chi connectivity index (χ3n) is 5.19. The maximum atomic E-state index is 9.88. The lowest BCUT2D eigenvalue weighted by Gasteiger charge is -2.67. The third kappa shape index (κ3) is 0.957. The van der Waals surface area contributed by atoms with Gasteiger partial charge >= 0.3 is 0 Å². The molecule has 1 spiro atoms. The summed E-state index contributed by atoms with van der Waals surface area (Å²) >= 11 is 0. The standard InChI is InChI=1S/C12H18O4/c13-7-11-3-1-2-4-12(11)6-8-5-9(11)15-10(14-8)16-12/h8-10,13H,1-7H2/t8-,9+,10+,11+,12-/m0/s1. The van der Waals surface area contributed by atoms with Gasteiger partial charge in [0, 0.05) is 18.3 Å². The molecule has 2 aliphatic carbocycles. The largest absolute Gasteiger partial charge is 0.396 e. The first-order valence-corrected chi connectivity index (χ1v) is 6.38. The molecule has 5 rings (SSSR count). The first-order chi connectivity index (χ1) is 7.78. The number of ether oxygens (including phenoxy) is 3. The van der Waals surface area contributed by atoms with Crippen LogP contribution in [0.2, 0.25) is 0 Å². The summed E-state index contributed by atoms with van der Waals surface area (Å²) in [6.45, 7) is -0.271. The fraction of sp³-hybridized carbons (Fsp3) is 1.00. The predicted molar refractivity (Wildman–Crippen MR) is 54.6 cm³/mol. The van der Waals surface area contributed by atoms with E-state index >= 15 is 0 Å². The zero-order valence-electron chi connectivity index (χ0n) is 9.35. The lowest BCUT2D eigenvalue weighted by Crippen LogP contribution is -2.74. The van der Waals surface area contributed by atoms with Gasteiger partial charge < -0.3 is 19.3 Å². The predicted octanol–water partition coefficient (Wildman–Crippen LogP) is 1.17. The summed E-state index contributed by atoms with van der Waals surface area (Å²) in [4.78, 5) is 0. The van der Waals surface area contributed by atoms with Crippen LogP contribution in [-0.4, -0.2) is 36.0 Å². The third-order valence-corrected chi connectivity index (χ3v) is 5.19. The van der Waals surface area contributed by atoms with Crippen molar-refractivity contribution in [1.29, 1.82) is 0 Å². The molecule has 90 valence electrons. The summed E-state index contributed by atoms with van der Waals surface area (Å²) < 4.78 is 17.4. The van der Waals surface area contributed by atoms with Gasteiger partial charge in [0.1, 0.15) is 0 Å². The number of aliphatic hydroxyl groups excluding tert-OH is 1. The van der Waals surface area contributed by atoms with Gasteiger partial charge in [-0.3, -0.25) is 0 Å². The summed E-state index contributed by atoms with van der Waals surface area (Å²) in [5.74, 6) is 0. The zero-order chi connectivity index (χ0) is 10.8. The van der Waals surface area contributed by atoms with E-state index in [1.165, 1.54) is 12.8 Å². The van der Waals surface area contributed by atoms with E-state index in [1.54, 1.807) is 0 Å². The van der Waals surface area contributed by atoms with Crippen LogP contribution in [0, 0.1) is 5.41 Å². The minimum absolute atomic E-state index is 0.143. The van der Waals surface area contributed by atoms with Crippen LogP contribution in [0.5, 0.6) is 0 Å². The molecule has 0 radical (unpaired) electrons. The average Bonchev–Trinajstić information content (AvgIpc) is 2.28. The Morgan fingerprint density at radius 2 is 2.06 bits per heavy atom. The van der Waals surface area contributed by atoms with E-state index in [9.17, 15) is 5.11 Å². The molecule has 5 aliphatic rings. The van der Waals surface area contributed by atoms with E-state index in [0.717, 1.165) is 25.7 Å². The summed E-state index contributed by atoms with van der Waals surface area (Å²) in [5.41, 5.74) is -0.309. The molecule has 0 aromatic rings. The highest BCUT2D eigenvalue weighted by Gasteiger charge is 2.68. The van der Waals surface area contributed by atoms with E-state index in [0.29, 0.717) is 0 Å². The maximum Gasteiger partial charge on any atom is 0.272 e. The molecule has 5 fully saturated rings. The van der Waals surface area contributed by atoms with E-state index in [4.69, 9.17) is 14.2 Å². The van der Waals surface area contributed by atoms with Crippen molar-refractivity contribution in [2.24, 2.45) is 5.41 Å². The molecule has 2 saturated carbocycles. The number of hydrogen-bond acceptors (Lipinski definition) is 4. The summed E-state index contributed by atoms with van der Waals surface area (Å²) in [5, 5.41) is 9.88. The van der Waals surface area contributed by atoms with Crippen LogP contribution in [0.4, 0.5) is 0 Å². The molecule has 4 bridgehead atoms. The monoisotopic (exact) mass is 226 g/mol. The Morgan fingerprint density at radius 1 is 1.19 bits per heavy atom. The van der Waals surface area contributed by atoms with Gasteiger partial charge in [-0.25, -0.2) is 0 Å². The van der Waals surface area contributed by atoms with Crippen LogP contribution in [-0.2, 0) is 14.2 Å². The molecule has 16 heavy (non-hydrogen) atoms. The first kappa shape index (κ1) is 9.83. The Bertz CT molecular complexity index is 304. The van der Waals surface area contributed by atoms with Crippen LogP contribution in [0.15, 0.2) is 0 Å². The van der Waals surface area contributed by atoms with Crippen molar-refractivity contribution in [2.75, 3.05) is 6.61 Å². The van der Waals surface area contributed by atoms with Gasteiger partial charge in [0.15, 0.2) is 0 Å². The minimum atomic E-state index is -0.463. The van der Waals surface area contributed by atoms with Crippen LogP contribution in [0.3, 0.4) is 0 Å². The van der Waals surface area contributed by atoms with Crippen molar-refractivity contribution in [3.8, 4) is 0 Å². The van der Waals surface area contributed by atoms with Crippen LogP contribution in [0.1, 0.15) is 38.5 Å². The molecule has 0 aromatic carbocycles. The van der Waals surface area contributed by atoms with Gasteiger partial charge in [0.25, 0.3) is 6.48 Å². The number of hydrogen-bond donors (Lipinski definition) is 1. The highest BCUT2D eigenvalue weighted by atomic mass is 16.9. The SMILES string of the molecule is OC[C@@]12CCCC[C@]13C[C@@H]1C[C@H]2O[C@@H](O1)O3. The smallest absolute Gasteiger partial charge is 0.272 e. The van der Waals surface area contributed by atoms with Crippen molar-refractivity contribution in [3.63, 3.8) is 0 Å². The highest BCUT2D eigenvalue weighted by Crippen LogP contribution is 2.61. The van der Waals surface area contributed by atoms with Crippen molar-refractivity contribution in [3.05, 3.63) is 0 Å². The van der Waals surface area contributed by atoms with Crippen LogP contribution < -0.4 is 0 Å². The van der Waals surface area contributed by atoms with Gasteiger partial charge in [-0.2, -0.15) is 0 Å². The molecule has 4 heteroatoms. The highest BCUT2D eigenvalue weighted by molar-refractivity contribution is 5.14. The lowest BCUT2D eigenvalue weighted by molar-refractivity contribution is -0.493. The van der Waals surface area contributed by atoms with Crippen molar-refractivity contribution in [1.82, 2.24) is 0 Å². The van der Waals surface area contributed by atoms with E-state index in [2.05, 4.69) is 0 Å². The van der Waals surface area contributed by atoms with E-state index in [-0.39, 0.29) is 29.8 Å². The van der Waals surface area contributed by atoms with Crippen LogP contribution >= 0.6 is 0 Å². The zero-order valence-corrected chi connectivity index (χ0v) is 9.35. The second kappa shape index (κ2) is 2.99. The second-order valence-electron chi connectivity index (χ2n) is 5.74. The molecule has 4 nitrogen and oxygen atoms in total. The quantitative estimate of drug-likeness (QED) is 0.729. The van der Waals surface area contributed by atoms with Gasteiger partial charge in [-0.15, -0.1) is 0 Å². The summed E-state index contributed by atoms with van der Waals surface area (Å²) in [6, 6.07) is 0. The minimum Gasteiger partial charge on any atom is -0.396 e. The number of aliphatic hydroxyl groups is 1. The average molecular weight is 226 g/mol. The molecule has 0 aromatic heterocycles. The molecule has 1 N–H and O–H groups in total. The van der Waals surface area contributed by atoms with Crippen molar-refractivity contribution < 1.29 is 19.3 Å². The molecular weight excluding hydrogens is 208 g/mol. The Labute approximate surface area is 94.9 Å². The van der Waals surface area contributed by atoms with E-state index in [1.807, 2.05) is 0 Å². The maximum absolute atomic E-state index is 9.88. The molecule has 3 heterocycles. The fourth-order valence-electron chi connectivity index (χ4n) is 4.40. The number of rotatable bonds is 1. The Hall–Kier alpha value is -0.160. The Morgan fingerprint density at radius 3 is 2.88 bits per heavy atom. The molecule has 3 saturated heterocycles. The second-order valence-corrected chi connectivity index (χ2v) is 5.74. The van der Waals surface area contributed by atoms with Gasteiger partial charge in [-0.05, 0) is 12.8 Å². The summed E-state index contributed by atoms with van der Waals surface area (Å²) in [7, 11) is 0.